The van der Waals surface area contributed by atoms with Crippen molar-refractivity contribution in [1.29, 1.82) is 0 Å². The maximum Gasteiger partial charge on any atom is 0.310 e. The summed E-state index contributed by atoms with van der Waals surface area (Å²) < 4.78 is 24.5. The lowest BCUT2D eigenvalue weighted by Gasteiger charge is -2.71. The highest BCUT2D eigenvalue weighted by molar-refractivity contribution is 5.76. The first-order valence-electron chi connectivity index (χ1n) is 20.1. The Morgan fingerprint density at radius 3 is 2.17 bits per heavy atom. The summed E-state index contributed by atoms with van der Waals surface area (Å²) in [6, 6.07) is 0. The van der Waals surface area contributed by atoms with Gasteiger partial charge in [-0.3, -0.25) is 4.79 Å². The van der Waals surface area contributed by atoms with E-state index in [0.717, 1.165) is 64.2 Å². The van der Waals surface area contributed by atoms with Gasteiger partial charge in [-0.05, 0) is 116 Å². The molecule has 2 saturated heterocycles. The zero-order chi connectivity index (χ0) is 38.0. The van der Waals surface area contributed by atoms with Gasteiger partial charge in [-0.1, -0.05) is 60.1 Å². The number of aliphatic carboxylic acids is 1. The van der Waals surface area contributed by atoms with Crippen LogP contribution in [0.25, 0.3) is 0 Å². The maximum absolute atomic E-state index is 13.0. The van der Waals surface area contributed by atoms with E-state index in [1.807, 2.05) is 0 Å². The lowest BCUT2D eigenvalue weighted by molar-refractivity contribution is -0.364. The molecule has 17 atom stereocenters. The molecule has 5 aliphatic carbocycles. The van der Waals surface area contributed by atoms with Gasteiger partial charge in [0.15, 0.2) is 12.6 Å². The number of carboxylic acids is 1. The van der Waals surface area contributed by atoms with Crippen LogP contribution in [-0.2, 0) is 23.7 Å². The molecular formula is C41H66O11. The number of fused-ring (bicyclic) bond motifs is 7. The summed E-state index contributed by atoms with van der Waals surface area (Å²) in [6.45, 7) is 18.1. The molecule has 2 heterocycles. The number of ether oxygens (including phenoxy) is 4. The minimum absolute atomic E-state index is 0.0146. The molecule has 11 heteroatoms. The number of carbonyl (C=O) groups is 1. The van der Waals surface area contributed by atoms with Gasteiger partial charge in [-0.15, -0.1) is 0 Å². The van der Waals surface area contributed by atoms with Crippen molar-refractivity contribution in [3.05, 3.63) is 11.6 Å². The lowest BCUT2D eigenvalue weighted by Crippen LogP contribution is -2.66. The molecule has 52 heavy (non-hydrogen) atoms. The van der Waals surface area contributed by atoms with E-state index in [9.17, 15) is 35.4 Å². The Bertz CT molecular complexity index is 1410. The van der Waals surface area contributed by atoms with Crippen LogP contribution in [0.4, 0.5) is 0 Å². The van der Waals surface area contributed by atoms with Crippen molar-refractivity contribution in [2.24, 2.45) is 50.2 Å². The smallest absolute Gasteiger partial charge is 0.310 e. The highest BCUT2D eigenvalue weighted by Crippen LogP contribution is 2.76. The van der Waals surface area contributed by atoms with Gasteiger partial charge in [0.25, 0.3) is 0 Å². The first-order chi connectivity index (χ1) is 24.1. The molecule has 6 N–H and O–H groups in total. The van der Waals surface area contributed by atoms with Gasteiger partial charge in [0.2, 0.25) is 0 Å². The van der Waals surface area contributed by atoms with Gasteiger partial charge >= 0.3 is 5.97 Å². The molecule has 0 spiro atoms. The molecular weight excluding hydrogens is 668 g/mol. The highest BCUT2D eigenvalue weighted by atomic mass is 16.8. The van der Waals surface area contributed by atoms with E-state index in [1.54, 1.807) is 6.92 Å². The summed E-state index contributed by atoms with van der Waals surface area (Å²) in [7, 11) is 0. The fraction of sp³-hybridized carbons (Fsp3) is 0.927. The molecule has 0 aromatic carbocycles. The largest absolute Gasteiger partial charge is 0.481 e. The van der Waals surface area contributed by atoms with Crippen molar-refractivity contribution in [2.45, 2.75) is 181 Å². The van der Waals surface area contributed by atoms with Crippen LogP contribution < -0.4 is 0 Å². The zero-order valence-corrected chi connectivity index (χ0v) is 32.6. The molecule has 2 aliphatic heterocycles. The molecule has 0 radical (unpaired) electrons. The molecule has 4 saturated carbocycles. The lowest BCUT2D eigenvalue weighted by atomic mass is 9.33. The molecule has 0 aromatic rings. The summed E-state index contributed by atoms with van der Waals surface area (Å²) in [4.78, 5) is 13.0. The van der Waals surface area contributed by atoms with Crippen molar-refractivity contribution >= 4 is 5.97 Å². The van der Waals surface area contributed by atoms with Crippen LogP contribution in [0, 0.1) is 50.2 Å². The number of carboxylic acid groups (broad SMARTS) is 1. The predicted molar refractivity (Wildman–Crippen MR) is 191 cm³/mol. The van der Waals surface area contributed by atoms with E-state index in [1.165, 1.54) is 5.57 Å². The average molecular weight is 735 g/mol. The second kappa shape index (κ2) is 12.9. The predicted octanol–water partition coefficient (Wildman–Crippen LogP) is 4.55. The minimum Gasteiger partial charge on any atom is -0.481 e. The first kappa shape index (κ1) is 39.1. The molecule has 0 bridgehead atoms. The van der Waals surface area contributed by atoms with Crippen LogP contribution in [0.5, 0.6) is 0 Å². The van der Waals surface area contributed by atoms with E-state index in [0.29, 0.717) is 11.8 Å². The third-order valence-corrected chi connectivity index (χ3v) is 16.8. The molecule has 6 fully saturated rings. The van der Waals surface area contributed by atoms with Crippen LogP contribution in [0.2, 0.25) is 0 Å². The van der Waals surface area contributed by atoms with E-state index in [2.05, 4.69) is 54.5 Å². The van der Waals surface area contributed by atoms with Gasteiger partial charge in [0.05, 0.1) is 24.2 Å². The summed E-state index contributed by atoms with van der Waals surface area (Å²) in [5.74, 6) is 0.219. The second-order valence-electron chi connectivity index (χ2n) is 20.2. The van der Waals surface area contributed by atoms with Gasteiger partial charge in [0, 0.05) is 0 Å². The Labute approximate surface area is 309 Å². The number of allylic oxidation sites excluding steroid dienone is 2. The third-order valence-electron chi connectivity index (χ3n) is 16.8. The molecule has 0 amide bonds. The number of hydrogen-bond donors (Lipinski definition) is 6. The van der Waals surface area contributed by atoms with E-state index >= 15 is 0 Å². The van der Waals surface area contributed by atoms with Gasteiger partial charge in [0.1, 0.15) is 36.6 Å². The van der Waals surface area contributed by atoms with Crippen molar-refractivity contribution in [3.63, 3.8) is 0 Å². The van der Waals surface area contributed by atoms with Crippen LogP contribution in [-0.4, -0.2) is 105 Å². The third kappa shape index (κ3) is 5.64. The van der Waals surface area contributed by atoms with Crippen molar-refractivity contribution in [2.75, 3.05) is 6.61 Å². The Morgan fingerprint density at radius 1 is 0.788 bits per heavy atom. The molecule has 8 unspecified atom stereocenters. The van der Waals surface area contributed by atoms with E-state index in [-0.39, 0.29) is 45.7 Å². The van der Waals surface area contributed by atoms with Crippen LogP contribution in [0.15, 0.2) is 11.6 Å². The Hall–Kier alpha value is -1.15. The zero-order valence-electron chi connectivity index (χ0n) is 32.6. The van der Waals surface area contributed by atoms with Gasteiger partial charge in [-0.2, -0.15) is 0 Å². The number of aliphatic hydroxyl groups excluding tert-OH is 5. The Kier molecular flexibility index (Phi) is 9.74. The van der Waals surface area contributed by atoms with Crippen molar-refractivity contribution in [3.8, 4) is 0 Å². The maximum atomic E-state index is 13.0. The minimum atomic E-state index is -1.58. The normalized spacial score (nSPS) is 54.1. The summed E-state index contributed by atoms with van der Waals surface area (Å²) in [6.07, 6.45) is -0.253. The fourth-order valence-corrected chi connectivity index (χ4v) is 13.3. The van der Waals surface area contributed by atoms with Crippen LogP contribution in [0.1, 0.15) is 120 Å². The first-order valence-corrected chi connectivity index (χ1v) is 20.1. The summed E-state index contributed by atoms with van der Waals surface area (Å²) in [5.41, 5.74) is 0.579. The molecule has 7 aliphatic rings. The summed E-state index contributed by atoms with van der Waals surface area (Å²) in [5, 5.41) is 63.6. The molecule has 7 rings (SSSR count). The summed E-state index contributed by atoms with van der Waals surface area (Å²) >= 11 is 0. The Balaban J connectivity index is 1.13. The average Bonchev–Trinajstić information content (AvgIpc) is 3.06. The van der Waals surface area contributed by atoms with E-state index < -0.39 is 66.7 Å². The van der Waals surface area contributed by atoms with E-state index in [4.69, 9.17) is 18.9 Å². The van der Waals surface area contributed by atoms with Gasteiger partial charge in [-0.25, -0.2) is 0 Å². The van der Waals surface area contributed by atoms with Crippen LogP contribution in [0.3, 0.4) is 0 Å². The number of hydrogen-bond acceptors (Lipinski definition) is 10. The molecule has 11 nitrogen and oxygen atoms in total. The van der Waals surface area contributed by atoms with Gasteiger partial charge < -0.3 is 49.6 Å². The standard InChI is InChI=1S/C41H66O11/c1-21-28(43)30(45)31(46)33(50-21)52-32-29(44)24(42)20-49-34(32)51-27-12-13-38(6)25(37(27,4)5)11-14-40(8)26(38)10-9-22-23-19-36(2,3)15-17-41(23,35(47)48)18-16-39(22,40)7/h9,21,23-34,42-46H,10-20H2,1-8H3,(H,47,48)/t21-,23?,24+,25?,26?,27?,28-,29-,30+,31+,32+,33-,34-,38?,39?,40?,41?/m0/s1. The monoisotopic (exact) mass is 734 g/mol. The molecule has 0 aromatic heterocycles. The second-order valence-corrected chi connectivity index (χ2v) is 20.2. The highest BCUT2D eigenvalue weighted by Gasteiger charge is 2.69. The SMILES string of the molecule is C[C@@H]1O[C@@H](O[C@H]2[C@H](OC3CCC4(C)C(CCC5(C)C4CC=C4C6CC(C)(C)CCC6(C(=O)O)CCC45C)C3(C)C)OC[C@@H](O)[C@@H]2O)[C@H](O)[C@H](O)[C@H]1O. The van der Waals surface area contributed by atoms with Crippen molar-refractivity contribution < 1.29 is 54.4 Å². The molecule has 296 valence electrons. The fourth-order valence-electron chi connectivity index (χ4n) is 13.3. The van der Waals surface area contributed by atoms with Crippen LogP contribution >= 0.6 is 0 Å². The quantitative estimate of drug-likeness (QED) is 0.173. The Morgan fingerprint density at radius 2 is 1.48 bits per heavy atom. The number of rotatable bonds is 5. The number of aliphatic hydroxyl groups is 5. The topological polar surface area (TPSA) is 175 Å². The van der Waals surface area contributed by atoms with Crippen molar-refractivity contribution in [1.82, 2.24) is 0 Å².